The van der Waals surface area contributed by atoms with Crippen LogP contribution in [0.5, 0.6) is 0 Å². The van der Waals surface area contributed by atoms with Crippen LogP contribution in [-0.4, -0.2) is 41.6 Å². The smallest absolute Gasteiger partial charge is 0.322 e. The van der Waals surface area contributed by atoms with Gasteiger partial charge in [0.2, 0.25) is 0 Å². The van der Waals surface area contributed by atoms with Gasteiger partial charge in [-0.1, -0.05) is 51.4 Å². The molecule has 1 saturated heterocycles. The van der Waals surface area contributed by atoms with Gasteiger partial charge >= 0.3 is 6.03 Å². The van der Waals surface area contributed by atoms with Gasteiger partial charge < -0.3 is 15.1 Å². The molecule has 1 fully saturated rings. The van der Waals surface area contributed by atoms with Gasteiger partial charge in [0.05, 0.1) is 11.1 Å². The number of hydrogen-bond donors (Lipinski definition) is 1. The monoisotopic (exact) mass is 400 g/mol. The van der Waals surface area contributed by atoms with Gasteiger partial charge in [0.1, 0.15) is 5.82 Å². The number of carbonyl (C=O) groups is 1. The third-order valence-corrected chi connectivity index (χ3v) is 5.61. The van der Waals surface area contributed by atoms with Gasteiger partial charge in [-0.3, -0.25) is 0 Å². The lowest BCUT2D eigenvalue weighted by Gasteiger charge is -2.43. The first-order chi connectivity index (χ1) is 13.4. The molecule has 0 radical (unpaired) electrons. The molecule has 2 amide bonds. The summed E-state index contributed by atoms with van der Waals surface area (Å²) < 4.78 is 0. The van der Waals surface area contributed by atoms with E-state index in [1.54, 1.807) is 6.20 Å². The largest absolute Gasteiger partial charge is 0.352 e. The second-order valence-electron chi connectivity index (χ2n) is 7.97. The Morgan fingerprint density at radius 3 is 2.46 bits per heavy atom. The minimum absolute atomic E-state index is 0.0530. The first-order valence-corrected chi connectivity index (χ1v) is 10.3. The zero-order valence-corrected chi connectivity index (χ0v) is 17.8. The lowest BCUT2D eigenvalue weighted by Crippen LogP contribution is -2.58. The number of pyridine rings is 1. The maximum absolute atomic E-state index is 13.0. The maximum Gasteiger partial charge on any atom is 0.322 e. The number of nitrogens with one attached hydrogen (secondary N) is 1. The van der Waals surface area contributed by atoms with Crippen molar-refractivity contribution >= 4 is 29.1 Å². The zero-order valence-electron chi connectivity index (χ0n) is 17.0. The second kappa shape index (κ2) is 8.82. The van der Waals surface area contributed by atoms with Crippen molar-refractivity contribution in [3.05, 3.63) is 53.2 Å². The number of piperazine rings is 1. The molecule has 1 aromatic heterocycles. The molecule has 1 aliphatic rings. The minimum atomic E-state index is -0.0530. The molecule has 1 aromatic carbocycles. The Balaban J connectivity index is 1.71. The molecule has 0 spiro atoms. The number of halogens is 1. The van der Waals surface area contributed by atoms with Crippen LogP contribution in [0.2, 0.25) is 5.02 Å². The number of anilines is 2. The molecule has 1 atom stereocenters. The van der Waals surface area contributed by atoms with Gasteiger partial charge in [-0.15, -0.1) is 0 Å². The molecular weight excluding hydrogens is 372 g/mol. The van der Waals surface area contributed by atoms with Crippen LogP contribution >= 0.6 is 11.6 Å². The first kappa shape index (κ1) is 20.5. The molecule has 2 heterocycles. The molecule has 0 bridgehead atoms. The summed E-state index contributed by atoms with van der Waals surface area (Å²) in [4.78, 5) is 21.5. The van der Waals surface area contributed by atoms with Crippen molar-refractivity contribution in [3.8, 4) is 0 Å². The third-order valence-electron chi connectivity index (χ3n) is 5.32. The van der Waals surface area contributed by atoms with Crippen LogP contribution in [0, 0.1) is 5.92 Å². The first-order valence-electron chi connectivity index (χ1n) is 9.90. The highest BCUT2D eigenvalue weighted by molar-refractivity contribution is 6.32. The predicted octanol–water partition coefficient (Wildman–Crippen LogP) is 5.24. The van der Waals surface area contributed by atoms with Crippen LogP contribution < -0.4 is 10.2 Å². The van der Waals surface area contributed by atoms with Crippen LogP contribution in [0.1, 0.15) is 39.2 Å². The SMILES string of the molecule is CC(C)c1ccc(NC(=O)N2CCN(c3ncccc3Cl)CC2C(C)C)cc1. The van der Waals surface area contributed by atoms with Gasteiger partial charge in [0.15, 0.2) is 0 Å². The Kier molecular flexibility index (Phi) is 6.45. The summed E-state index contributed by atoms with van der Waals surface area (Å²) in [5.74, 6) is 1.58. The number of rotatable bonds is 4. The average Bonchev–Trinajstić information content (AvgIpc) is 2.68. The fourth-order valence-electron chi connectivity index (χ4n) is 3.58. The highest BCUT2D eigenvalue weighted by Crippen LogP contribution is 2.27. The molecule has 1 unspecified atom stereocenters. The summed E-state index contributed by atoms with van der Waals surface area (Å²) in [5, 5.41) is 3.70. The van der Waals surface area contributed by atoms with Crippen molar-refractivity contribution in [1.29, 1.82) is 0 Å². The molecule has 1 N–H and O–H groups in total. The van der Waals surface area contributed by atoms with E-state index < -0.39 is 0 Å². The van der Waals surface area contributed by atoms with Crippen LogP contribution in [0.4, 0.5) is 16.3 Å². The summed E-state index contributed by atoms with van der Waals surface area (Å²) in [6, 6.07) is 11.8. The van der Waals surface area contributed by atoms with Crippen LogP contribution in [0.15, 0.2) is 42.6 Å². The number of urea groups is 1. The van der Waals surface area contributed by atoms with Crippen LogP contribution in [-0.2, 0) is 0 Å². The highest BCUT2D eigenvalue weighted by Gasteiger charge is 2.33. The molecule has 5 nitrogen and oxygen atoms in total. The summed E-state index contributed by atoms with van der Waals surface area (Å²) in [7, 11) is 0. The van der Waals surface area contributed by atoms with E-state index in [9.17, 15) is 4.79 Å². The topological polar surface area (TPSA) is 48.5 Å². The summed E-state index contributed by atoms with van der Waals surface area (Å²) in [6.45, 7) is 10.7. The lowest BCUT2D eigenvalue weighted by atomic mass is 9.99. The number of amides is 2. The van der Waals surface area contributed by atoms with Gasteiger partial charge in [-0.2, -0.15) is 0 Å². The van der Waals surface area contributed by atoms with E-state index in [0.717, 1.165) is 11.5 Å². The van der Waals surface area contributed by atoms with Gasteiger partial charge in [0.25, 0.3) is 0 Å². The molecule has 0 saturated carbocycles. The number of benzene rings is 1. The molecule has 0 aliphatic carbocycles. The minimum Gasteiger partial charge on any atom is -0.352 e. The third kappa shape index (κ3) is 4.58. The molecule has 1 aliphatic heterocycles. The van der Waals surface area contributed by atoms with Crippen LogP contribution in [0.25, 0.3) is 0 Å². The molecule has 150 valence electrons. The van der Waals surface area contributed by atoms with E-state index in [1.165, 1.54) is 5.56 Å². The quantitative estimate of drug-likeness (QED) is 0.763. The molecule has 28 heavy (non-hydrogen) atoms. The van der Waals surface area contributed by atoms with Crippen molar-refractivity contribution in [1.82, 2.24) is 9.88 Å². The van der Waals surface area contributed by atoms with E-state index in [0.29, 0.717) is 36.5 Å². The maximum atomic E-state index is 13.0. The number of carbonyl (C=O) groups excluding carboxylic acids is 1. The van der Waals surface area contributed by atoms with Crippen molar-refractivity contribution < 1.29 is 4.79 Å². The molecule has 3 rings (SSSR count). The van der Waals surface area contributed by atoms with E-state index in [4.69, 9.17) is 11.6 Å². The van der Waals surface area contributed by atoms with E-state index in [2.05, 4.69) is 55.0 Å². The van der Waals surface area contributed by atoms with Gasteiger partial charge in [-0.25, -0.2) is 9.78 Å². The fraction of sp³-hybridized carbons (Fsp3) is 0.455. The Bertz CT molecular complexity index is 806. The Morgan fingerprint density at radius 1 is 1.14 bits per heavy atom. The van der Waals surface area contributed by atoms with Gasteiger partial charge in [-0.05, 0) is 41.7 Å². The van der Waals surface area contributed by atoms with E-state index >= 15 is 0 Å². The standard InChI is InChI=1S/C22H29ClN4O/c1-15(2)17-7-9-18(10-8-17)25-22(28)27-13-12-26(14-20(27)16(3)4)21-19(23)6-5-11-24-21/h5-11,15-16,20H,12-14H2,1-4H3,(H,25,28). The summed E-state index contributed by atoms with van der Waals surface area (Å²) in [5.41, 5.74) is 2.09. The van der Waals surface area contributed by atoms with Crippen molar-refractivity contribution in [3.63, 3.8) is 0 Å². The lowest BCUT2D eigenvalue weighted by molar-refractivity contribution is 0.156. The normalized spacial score (nSPS) is 17.3. The summed E-state index contributed by atoms with van der Waals surface area (Å²) >= 11 is 6.33. The average molecular weight is 401 g/mol. The number of hydrogen-bond acceptors (Lipinski definition) is 3. The number of aromatic nitrogens is 1. The highest BCUT2D eigenvalue weighted by atomic mass is 35.5. The van der Waals surface area contributed by atoms with Crippen molar-refractivity contribution in [2.45, 2.75) is 39.7 Å². The Hall–Kier alpha value is -2.27. The summed E-state index contributed by atoms with van der Waals surface area (Å²) in [6.07, 6.45) is 1.76. The second-order valence-corrected chi connectivity index (χ2v) is 8.37. The Morgan fingerprint density at radius 2 is 1.86 bits per heavy atom. The predicted molar refractivity (Wildman–Crippen MR) is 116 cm³/mol. The van der Waals surface area contributed by atoms with E-state index in [1.807, 2.05) is 29.2 Å². The molecular formula is C22H29ClN4O. The fourth-order valence-corrected chi connectivity index (χ4v) is 3.82. The van der Waals surface area contributed by atoms with Gasteiger partial charge in [0, 0.05) is 31.5 Å². The Labute approximate surface area is 172 Å². The van der Waals surface area contributed by atoms with Crippen molar-refractivity contribution in [2.75, 3.05) is 29.9 Å². The van der Waals surface area contributed by atoms with E-state index in [-0.39, 0.29) is 12.1 Å². The zero-order chi connectivity index (χ0) is 20.3. The van der Waals surface area contributed by atoms with Crippen molar-refractivity contribution in [2.24, 2.45) is 5.92 Å². The molecule has 6 heteroatoms. The molecule has 2 aromatic rings. The number of nitrogens with zero attached hydrogens (tertiary/aromatic N) is 3. The van der Waals surface area contributed by atoms with Crippen LogP contribution in [0.3, 0.4) is 0 Å².